The lowest BCUT2D eigenvalue weighted by Gasteiger charge is -2.43. The number of hydrogen-bond donors (Lipinski definition) is 1. The van der Waals surface area contributed by atoms with Crippen LogP contribution in [0, 0.1) is 0 Å². The number of nitrogens with zero attached hydrogens (tertiary/aromatic N) is 1. The van der Waals surface area contributed by atoms with E-state index in [0.717, 1.165) is 16.1 Å². The third kappa shape index (κ3) is 6.99. The molecule has 1 aromatic rings. The Bertz CT molecular complexity index is 851. The van der Waals surface area contributed by atoms with Gasteiger partial charge < -0.3 is 18.8 Å². The molecule has 2 rings (SSSR count). The Labute approximate surface area is 204 Å². The first-order valence-electron chi connectivity index (χ1n) is 11.5. The average molecular weight is 545 g/mol. The number of aliphatic hydroxyl groups is 1. The van der Waals surface area contributed by atoms with E-state index in [2.05, 4.69) is 69.4 Å². The predicted octanol–water partition coefficient (Wildman–Crippen LogP) is 6.61. The van der Waals surface area contributed by atoms with Crippen molar-refractivity contribution >= 4 is 38.1 Å². The molecule has 1 aliphatic rings. The topological polar surface area (TPSA) is 60.7 Å². The molecule has 0 amide bonds. The number of Topliss-reactive ketones (excluding diaryl/α,β-unsaturated/α-hetero) is 1. The van der Waals surface area contributed by atoms with Crippen molar-refractivity contribution in [1.82, 2.24) is 4.57 Å². The van der Waals surface area contributed by atoms with Crippen LogP contribution in [0.1, 0.15) is 51.0 Å². The minimum Gasteiger partial charge on any atom is -0.410 e. The van der Waals surface area contributed by atoms with Crippen LogP contribution in [-0.4, -0.2) is 50.2 Å². The van der Waals surface area contributed by atoms with E-state index >= 15 is 0 Å². The SMILES string of the molecule is CC1=CC[C@](O)(C(=O)c2cc(Br)cn2COCC[Si](C)(C)C)C[C@H]1O[Si](C)(C)C(C)(C)C. The maximum absolute atomic E-state index is 13.5. The van der Waals surface area contributed by atoms with Gasteiger partial charge in [-0.2, -0.15) is 0 Å². The molecule has 0 saturated carbocycles. The van der Waals surface area contributed by atoms with E-state index in [1.54, 1.807) is 10.6 Å². The molecular weight excluding hydrogens is 502 g/mol. The smallest absolute Gasteiger partial charge is 0.211 e. The number of halogens is 1. The molecule has 1 aromatic heterocycles. The molecule has 0 spiro atoms. The molecule has 0 aliphatic heterocycles. The Morgan fingerprint density at radius 1 is 1.28 bits per heavy atom. The van der Waals surface area contributed by atoms with Crippen LogP contribution in [0.2, 0.25) is 43.8 Å². The largest absolute Gasteiger partial charge is 0.410 e. The molecule has 2 atom stereocenters. The van der Waals surface area contributed by atoms with Gasteiger partial charge in [-0.25, -0.2) is 0 Å². The minimum atomic E-state index is -2.05. The summed E-state index contributed by atoms with van der Waals surface area (Å²) in [5.41, 5.74) is 0.0744. The van der Waals surface area contributed by atoms with Crippen LogP contribution in [0.5, 0.6) is 0 Å². The maximum Gasteiger partial charge on any atom is 0.211 e. The number of rotatable bonds is 9. The molecule has 0 saturated heterocycles. The van der Waals surface area contributed by atoms with Gasteiger partial charge in [0.2, 0.25) is 5.78 Å². The molecule has 0 bridgehead atoms. The second-order valence-corrected chi connectivity index (χ2v) is 23.2. The van der Waals surface area contributed by atoms with E-state index in [1.165, 1.54) is 0 Å². The van der Waals surface area contributed by atoms with Crippen molar-refractivity contribution in [2.75, 3.05) is 6.61 Å². The van der Waals surface area contributed by atoms with Gasteiger partial charge in [-0.1, -0.05) is 46.5 Å². The fourth-order valence-corrected chi connectivity index (χ4v) is 5.97. The van der Waals surface area contributed by atoms with Gasteiger partial charge in [-0.15, -0.1) is 0 Å². The highest BCUT2D eigenvalue weighted by Gasteiger charge is 2.46. The average Bonchev–Trinajstić information content (AvgIpc) is 3.00. The highest BCUT2D eigenvalue weighted by Crippen LogP contribution is 2.41. The highest BCUT2D eigenvalue weighted by molar-refractivity contribution is 9.10. The van der Waals surface area contributed by atoms with Crippen molar-refractivity contribution in [2.45, 2.75) is 103 Å². The normalized spacial score (nSPS) is 22.7. The summed E-state index contributed by atoms with van der Waals surface area (Å²) in [6, 6.07) is 2.84. The van der Waals surface area contributed by atoms with Crippen molar-refractivity contribution in [2.24, 2.45) is 0 Å². The number of hydrogen-bond acceptors (Lipinski definition) is 4. The van der Waals surface area contributed by atoms with Crippen LogP contribution < -0.4 is 0 Å². The van der Waals surface area contributed by atoms with E-state index in [-0.39, 0.29) is 23.3 Å². The van der Waals surface area contributed by atoms with Gasteiger partial charge in [0.25, 0.3) is 0 Å². The van der Waals surface area contributed by atoms with Crippen LogP contribution in [-0.2, 0) is 15.9 Å². The fourth-order valence-electron chi connectivity index (χ4n) is 3.42. The van der Waals surface area contributed by atoms with Gasteiger partial charge in [-0.3, -0.25) is 4.79 Å². The lowest BCUT2D eigenvalue weighted by Crippen LogP contribution is -2.50. The van der Waals surface area contributed by atoms with Gasteiger partial charge in [0.1, 0.15) is 12.3 Å². The molecule has 182 valence electrons. The van der Waals surface area contributed by atoms with E-state index in [9.17, 15) is 9.90 Å². The number of ether oxygens (including phenoxy) is 1. The lowest BCUT2D eigenvalue weighted by molar-refractivity contribution is 0.00330. The summed E-state index contributed by atoms with van der Waals surface area (Å²) in [5.74, 6) is -0.274. The number of carbonyl (C=O) groups is 1. The van der Waals surface area contributed by atoms with E-state index < -0.39 is 22.0 Å². The van der Waals surface area contributed by atoms with Crippen LogP contribution in [0.25, 0.3) is 0 Å². The number of carbonyl (C=O) groups excluding carboxylic acids is 1. The summed E-state index contributed by atoms with van der Waals surface area (Å²) < 4.78 is 15.1. The lowest BCUT2D eigenvalue weighted by atomic mass is 9.80. The Morgan fingerprint density at radius 2 is 1.91 bits per heavy atom. The number of ketones is 1. The summed E-state index contributed by atoms with van der Waals surface area (Å²) in [7, 11) is -3.23. The monoisotopic (exact) mass is 543 g/mol. The van der Waals surface area contributed by atoms with Gasteiger partial charge in [0.05, 0.1) is 11.8 Å². The molecule has 8 heteroatoms. The van der Waals surface area contributed by atoms with Crippen molar-refractivity contribution in [1.29, 1.82) is 0 Å². The number of aromatic nitrogens is 1. The Kier molecular flexibility index (Phi) is 8.66. The zero-order valence-corrected chi connectivity index (χ0v) is 24.9. The summed E-state index contributed by atoms with van der Waals surface area (Å²) >= 11 is 3.48. The van der Waals surface area contributed by atoms with Crippen molar-refractivity contribution in [3.8, 4) is 0 Å². The molecule has 1 N–H and O–H groups in total. The molecule has 0 unspecified atom stereocenters. The molecule has 1 heterocycles. The summed E-state index contributed by atoms with van der Waals surface area (Å²) in [4.78, 5) is 13.5. The summed E-state index contributed by atoms with van der Waals surface area (Å²) in [6.07, 6.45) is 4.14. The van der Waals surface area contributed by atoms with Crippen LogP contribution in [0.3, 0.4) is 0 Å². The Balaban J connectivity index is 2.18. The van der Waals surface area contributed by atoms with Crippen LogP contribution >= 0.6 is 15.9 Å². The standard InChI is InChI=1S/C24H42BrNO4Si2/c1-18-10-11-24(28,15-21(18)30-32(8,9)23(2,3)4)22(27)20-14-19(25)16-26(20)17-29-12-13-31(5,6)7/h10,14,16,21,28H,11-13,15,17H2,1-9H3/t21-,24-/m1/s1. The summed E-state index contributed by atoms with van der Waals surface area (Å²) in [6.45, 7) is 21.0. The first-order chi connectivity index (χ1) is 14.5. The predicted molar refractivity (Wildman–Crippen MR) is 141 cm³/mol. The Morgan fingerprint density at radius 3 is 2.47 bits per heavy atom. The van der Waals surface area contributed by atoms with Crippen molar-refractivity contribution in [3.63, 3.8) is 0 Å². The molecular formula is C24H42BrNO4Si2. The Hall–Kier alpha value is -0.516. The zero-order chi connectivity index (χ0) is 24.5. The van der Waals surface area contributed by atoms with Crippen LogP contribution in [0.4, 0.5) is 0 Å². The zero-order valence-electron chi connectivity index (χ0n) is 21.3. The van der Waals surface area contributed by atoms with Gasteiger partial charge in [0.15, 0.2) is 8.32 Å². The summed E-state index contributed by atoms with van der Waals surface area (Å²) in [5, 5.41) is 11.5. The highest BCUT2D eigenvalue weighted by atomic mass is 79.9. The molecule has 0 aromatic carbocycles. The molecule has 5 nitrogen and oxygen atoms in total. The van der Waals surface area contributed by atoms with Crippen LogP contribution in [0.15, 0.2) is 28.4 Å². The quantitative estimate of drug-likeness (QED) is 0.165. The van der Waals surface area contributed by atoms with Crippen molar-refractivity contribution < 1.29 is 19.1 Å². The van der Waals surface area contributed by atoms with E-state index in [4.69, 9.17) is 9.16 Å². The second-order valence-electron chi connectivity index (χ2n) is 11.9. The first kappa shape index (κ1) is 27.7. The van der Waals surface area contributed by atoms with Crippen molar-refractivity contribution in [3.05, 3.63) is 34.1 Å². The third-order valence-corrected chi connectivity index (χ3v) is 13.4. The maximum atomic E-state index is 13.5. The fraction of sp³-hybridized carbons (Fsp3) is 0.708. The van der Waals surface area contributed by atoms with Gasteiger partial charge in [0, 0.05) is 38.2 Å². The first-order valence-corrected chi connectivity index (χ1v) is 18.9. The second kappa shape index (κ2) is 10.00. The molecule has 0 fully saturated rings. The van der Waals surface area contributed by atoms with E-state index in [1.807, 2.05) is 19.2 Å². The van der Waals surface area contributed by atoms with Gasteiger partial charge >= 0.3 is 0 Å². The van der Waals surface area contributed by atoms with Gasteiger partial charge in [-0.05, 0) is 58.7 Å². The molecule has 1 aliphatic carbocycles. The van der Waals surface area contributed by atoms with E-state index in [0.29, 0.717) is 25.5 Å². The molecule has 32 heavy (non-hydrogen) atoms. The third-order valence-electron chi connectivity index (χ3n) is 6.78. The molecule has 0 radical (unpaired) electrons. The minimum absolute atomic E-state index is 0.0552.